The van der Waals surface area contributed by atoms with Crippen LogP contribution in [0.15, 0.2) is 35.1 Å². The molecular weight excluding hydrogens is 251 g/mol. The van der Waals surface area contributed by atoms with Gasteiger partial charge in [-0.3, -0.25) is 0 Å². The molecule has 81 valence electrons. The predicted octanol–water partition coefficient (Wildman–Crippen LogP) is 1.26. The van der Waals surface area contributed by atoms with Gasteiger partial charge in [-0.15, -0.1) is 0 Å². The van der Waals surface area contributed by atoms with Gasteiger partial charge in [0, 0.05) is 0 Å². The maximum atomic E-state index is 8.57. The van der Waals surface area contributed by atoms with Crippen LogP contribution in [0.5, 0.6) is 0 Å². The zero-order valence-electron chi connectivity index (χ0n) is 8.65. The van der Waals surface area contributed by atoms with Crippen LogP contribution in [0.3, 0.4) is 0 Å². The fourth-order valence-electron chi connectivity index (χ4n) is 1.16. The SMILES string of the molecule is OCCCN/C=C\[CH]([Ge])Cc1ccco1. The molecule has 0 aliphatic rings. The third-order valence-corrected chi connectivity index (χ3v) is 2.76. The Balaban J connectivity index is 2.15. The monoisotopic (exact) mass is 268 g/mol. The van der Waals surface area contributed by atoms with E-state index in [2.05, 4.69) is 27.9 Å². The molecular formula is C11H16GeNO2. The molecule has 4 heteroatoms. The number of aliphatic hydroxyl groups excluding tert-OH is 1. The molecule has 0 fully saturated rings. The molecule has 1 atom stereocenters. The zero-order chi connectivity index (χ0) is 10.9. The summed E-state index contributed by atoms with van der Waals surface area (Å²) in [6.07, 6.45) is 7.47. The van der Waals surface area contributed by atoms with Crippen molar-refractivity contribution in [2.24, 2.45) is 0 Å². The number of hydrogen-bond donors (Lipinski definition) is 2. The van der Waals surface area contributed by atoms with Crippen LogP contribution in [-0.4, -0.2) is 34.8 Å². The number of rotatable bonds is 7. The van der Waals surface area contributed by atoms with Crippen molar-refractivity contribution in [3.05, 3.63) is 36.4 Å². The molecule has 0 spiro atoms. The van der Waals surface area contributed by atoms with Crippen LogP contribution in [0, 0.1) is 0 Å². The van der Waals surface area contributed by atoms with Gasteiger partial charge < -0.3 is 0 Å². The normalized spacial score (nSPS) is 13.2. The molecule has 3 radical (unpaired) electrons. The van der Waals surface area contributed by atoms with Gasteiger partial charge in [0.2, 0.25) is 0 Å². The summed E-state index contributed by atoms with van der Waals surface area (Å²) in [5.74, 6) is 1.02. The van der Waals surface area contributed by atoms with Crippen molar-refractivity contribution < 1.29 is 9.52 Å². The van der Waals surface area contributed by atoms with E-state index >= 15 is 0 Å². The summed E-state index contributed by atoms with van der Waals surface area (Å²) in [5.41, 5.74) is 0. The Bertz CT molecular complexity index is 272. The van der Waals surface area contributed by atoms with Gasteiger partial charge in [-0.2, -0.15) is 0 Å². The van der Waals surface area contributed by atoms with E-state index in [1.54, 1.807) is 6.26 Å². The first-order valence-corrected chi connectivity index (χ1v) is 6.28. The van der Waals surface area contributed by atoms with Crippen LogP contribution in [-0.2, 0) is 6.42 Å². The molecule has 1 unspecified atom stereocenters. The van der Waals surface area contributed by atoms with Gasteiger partial charge in [-0.05, 0) is 0 Å². The van der Waals surface area contributed by atoms with E-state index in [0.29, 0.717) is 4.75 Å². The summed E-state index contributed by atoms with van der Waals surface area (Å²) in [4.78, 5) is 0. The fraction of sp³-hybridized carbons (Fsp3) is 0.455. The number of aliphatic hydroxyl groups is 1. The first-order valence-electron chi connectivity index (χ1n) is 5.07. The number of furan rings is 1. The molecule has 1 aromatic rings. The fourth-order valence-corrected chi connectivity index (χ4v) is 1.79. The van der Waals surface area contributed by atoms with Gasteiger partial charge in [-0.25, -0.2) is 0 Å². The summed E-state index contributed by atoms with van der Waals surface area (Å²) in [6.45, 7) is 1.06. The second-order valence-electron chi connectivity index (χ2n) is 3.28. The Morgan fingerprint density at radius 1 is 1.60 bits per heavy atom. The van der Waals surface area contributed by atoms with Crippen molar-refractivity contribution >= 4 is 16.5 Å². The average Bonchev–Trinajstić information content (AvgIpc) is 2.70. The molecule has 1 rings (SSSR count). The van der Waals surface area contributed by atoms with E-state index in [4.69, 9.17) is 9.52 Å². The quantitative estimate of drug-likeness (QED) is 0.577. The van der Waals surface area contributed by atoms with Crippen LogP contribution in [0.2, 0.25) is 4.75 Å². The van der Waals surface area contributed by atoms with E-state index in [0.717, 1.165) is 25.1 Å². The van der Waals surface area contributed by atoms with E-state index in [-0.39, 0.29) is 6.61 Å². The van der Waals surface area contributed by atoms with Gasteiger partial charge in [0.25, 0.3) is 0 Å². The molecule has 15 heavy (non-hydrogen) atoms. The van der Waals surface area contributed by atoms with E-state index in [1.165, 1.54) is 0 Å². The summed E-state index contributed by atoms with van der Waals surface area (Å²) in [7, 11) is 0. The molecule has 0 bridgehead atoms. The zero-order valence-corrected chi connectivity index (χ0v) is 10.7. The van der Waals surface area contributed by atoms with E-state index < -0.39 is 0 Å². The first kappa shape index (κ1) is 12.4. The van der Waals surface area contributed by atoms with Crippen LogP contribution in [0.1, 0.15) is 12.2 Å². The van der Waals surface area contributed by atoms with E-state index in [1.807, 2.05) is 18.3 Å². The van der Waals surface area contributed by atoms with Crippen molar-refractivity contribution in [3.8, 4) is 0 Å². The second-order valence-corrected chi connectivity index (χ2v) is 4.84. The van der Waals surface area contributed by atoms with Gasteiger partial charge >= 0.3 is 98.5 Å². The molecule has 0 saturated carbocycles. The molecule has 2 N–H and O–H groups in total. The van der Waals surface area contributed by atoms with Crippen LogP contribution < -0.4 is 5.32 Å². The third-order valence-electron chi connectivity index (χ3n) is 1.93. The molecule has 3 nitrogen and oxygen atoms in total. The van der Waals surface area contributed by atoms with Crippen LogP contribution >= 0.6 is 0 Å². The summed E-state index contributed by atoms with van der Waals surface area (Å²) < 4.78 is 5.72. The average molecular weight is 267 g/mol. The molecule has 0 amide bonds. The predicted molar refractivity (Wildman–Crippen MR) is 60.8 cm³/mol. The topological polar surface area (TPSA) is 45.4 Å². The number of nitrogens with one attached hydrogen (secondary N) is 1. The molecule has 0 aromatic carbocycles. The molecule has 0 aliphatic heterocycles. The summed E-state index contributed by atoms with van der Waals surface area (Å²) in [6, 6.07) is 3.90. The van der Waals surface area contributed by atoms with E-state index in [9.17, 15) is 0 Å². The van der Waals surface area contributed by atoms with Gasteiger partial charge in [0.05, 0.1) is 0 Å². The molecule has 0 saturated heterocycles. The van der Waals surface area contributed by atoms with Crippen molar-refractivity contribution in [3.63, 3.8) is 0 Å². The molecule has 1 aromatic heterocycles. The van der Waals surface area contributed by atoms with Crippen molar-refractivity contribution in [1.82, 2.24) is 5.32 Å². The molecule has 0 aliphatic carbocycles. The van der Waals surface area contributed by atoms with Crippen molar-refractivity contribution in [2.75, 3.05) is 13.2 Å². The van der Waals surface area contributed by atoms with Crippen LogP contribution in [0.25, 0.3) is 0 Å². The Labute approximate surface area is 98.8 Å². The molecule has 1 heterocycles. The van der Waals surface area contributed by atoms with Gasteiger partial charge in [-0.1, -0.05) is 0 Å². The first-order chi connectivity index (χ1) is 7.33. The Kier molecular flexibility index (Phi) is 6.27. The number of allylic oxidation sites excluding steroid dienone is 1. The van der Waals surface area contributed by atoms with Gasteiger partial charge in [0.15, 0.2) is 0 Å². The minimum absolute atomic E-state index is 0.239. The summed E-state index contributed by atoms with van der Waals surface area (Å²) >= 11 is 2.15. The second kappa shape index (κ2) is 7.59. The van der Waals surface area contributed by atoms with Crippen molar-refractivity contribution in [2.45, 2.75) is 17.6 Å². The van der Waals surface area contributed by atoms with Gasteiger partial charge in [0.1, 0.15) is 0 Å². The maximum absolute atomic E-state index is 8.57. The summed E-state index contributed by atoms with van der Waals surface area (Å²) in [5, 5.41) is 11.7. The Morgan fingerprint density at radius 2 is 2.47 bits per heavy atom. The third kappa shape index (κ3) is 5.69. The minimum atomic E-state index is 0.239. The van der Waals surface area contributed by atoms with Crippen LogP contribution in [0.4, 0.5) is 0 Å². The van der Waals surface area contributed by atoms with Crippen molar-refractivity contribution in [1.29, 1.82) is 0 Å². The Morgan fingerprint density at radius 3 is 3.13 bits per heavy atom. The standard InChI is InChI=1S/C11H16GeNO2/c12-10(4-6-13-5-2-7-14)9-11-3-1-8-15-11/h1,3-4,6,8,10,13-14H,2,5,7,9H2/b6-4-. The number of hydrogen-bond acceptors (Lipinski definition) is 3. The Hall–Kier alpha value is -0.677.